The largest absolute Gasteiger partial charge is 0.357 e. The summed E-state index contributed by atoms with van der Waals surface area (Å²) >= 11 is 0. The van der Waals surface area contributed by atoms with E-state index in [4.69, 9.17) is 4.99 Å². The SMILES string of the molecule is CCNC(=NCC1(CC(C)C)CCC1)NCCCC(=O)NC1CC1.I. The molecule has 2 rings (SSSR count). The predicted octanol–water partition coefficient (Wildman–Crippen LogP) is 3.43. The van der Waals surface area contributed by atoms with E-state index in [1.54, 1.807) is 0 Å². The minimum absolute atomic E-state index is 0. The normalized spacial score (nSPS) is 19.0. The molecule has 25 heavy (non-hydrogen) atoms. The van der Waals surface area contributed by atoms with Gasteiger partial charge in [-0.15, -0.1) is 24.0 Å². The van der Waals surface area contributed by atoms with Crippen LogP contribution in [0.4, 0.5) is 0 Å². The van der Waals surface area contributed by atoms with E-state index in [9.17, 15) is 4.79 Å². The third kappa shape index (κ3) is 8.60. The molecule has 2 saturated carbocycles. The lowest BCUT2D eigenvalue weighted by Gasteiger charge is -2.42. The van der Waals surface area contributed by atoms with Gasteiger partial charge in [0.15, 0.2) is 5.96 Å². The monoisotopic (exact) mass is 464 g/mol. The van der Waals surface area contributed by atoms with Crippen LogP contribution in [0.5, 0.6) is 0 Å². The van der Waals surface area contributed by atoms with Crippen molar-refractivity contribution in [2.45, 2.75) is 78.2 Å². The van der Waals surface area contributed by atoms with Gasteiger partial charge in [-0.25, -0.2) is 0 Å². The van der Waals surface area contributed by atoms with E-state index in [1.807, 2.05) is 0 Å². The van der Waals surface area contributed by atoms with Crippen LogP contribution in [0.2, 0.25) is 0 Å². The molecule has 0 aliphatic heterocycles. The number of rotatable bonds is 10. The van der Waals surface area contributed by atoms with E-state index in [2.05, 4.69) is 36.7 Å². The fourth-order valence-corrected chi connectivity index (χ4v) is 3.54. The molecule has 0 bridgehead atoms. The predicted molar refractivity (Wildman–Crippen MR) is 116 cm³/mol. The molecule has 5 nitrogen and oxygen atoms in total. The van der Waals surface area contributed by atoms with E-state index in [1.165, 1.54) is 25.7 Å². The van der Waals surface area contributed by atoms with Gasteiger partial charge in [-0.1, -0.05) is 20.3 Å². The Morgan fingerprint density at radius 2 is 1.96 bits per heavy atom. The Hall–Kier alpha value is -0.530. The number of nitrogens with one attached hydrogen (secondary N) is 3. The highest BCUT2D eigenvalue weighted by molar-refractivity contribution is 14.0. The third-order valence-corrected chi connectivity index (χ3v) is 4.99. The van der Waals surface area contributed by atoms with Crippen LogP contribution in [-0.4, -0.2) is 37.5 Å². The fraction of sp³-hybridized carbons (Fsp3) is 0.895. The molecule has 0 aromatic rings. The highest BCUT2D eigenvalue weighted by Crippen LogP contribution is 2.46. The summed E-state index contributed by atoms with van der Waals surface area (Å²) < 4.78 is 0. The van der Waals surface area contributed by atoms with Crippen molar-refractivity contribution in [3.8, 4) is 0 Å². The van der Waals surface area contributed by atoms with Crippen LogP contribution >= 0.6 is 24.0 Å². The van der Waals surface area contributed by atoms with Crippen LogP contribution in [0.1, 0.15) is 72.1 Å². The van der Waals surface area contributed by atoms with Crippen molar-refractivity contribution < 1.29 is 4.79 Å². The maximum absolute atomic E-state index is 11.7. The van der Waals surface area contributed by atoms with Gasteiger partial charge in [0.05, 0.1) is 0 Å². The van der Waals surface area contributed by atoms with Crippen LogP contribution in [0.15, 0.2) is 4.99 Å². The maximum atomic E-state index is 11.7. The van der Waals surface area contributed by atoms with Gasteiger partial charge in [-0.2, -0.15) is 0 Å². The minimum Gasteiger partial charge on any atom is -0.357 e. The minimum atomic E-state index is 0. The quantitative estimate of drug-likeness (QED) is 0.201. The molecule has 2 aliphatic rings. The lowest BCUT2D eigenvalue weighted by molar-refractivity contribution is -0.121. The highest BCUT2D eigenvalue weighted by Gasteiger charge is 2.37. The third-order valence-electron chi connectivity index (χ3n) is 4.99. The fourth-order valence-electron chi connectivity index (χ4n) is 3.54. The van der Waals surface area contributed by atoms with Gasteiger partial charge in [0.25, 0.3) is 0 Å². The molecule has 1 amide bonds. The zero-order chi connectivity index (χ0) is 17.4. The molecular formula is C19H37IN4O. The van der Waals surface area contributed by atoms with Crippen molar-refractivity contribution >= 4 is 35.8 Å². The molecule has 2 aliphatic carbocycles. The van der Waals surface area contributed by atoms with E-state index >= 15 is 0 Å². The molecule has 2 fully saturated rings. The van der Waals surface area contributed by atoms with Crippen molar-refractivity contribution in [3.05, 3.63) is 0 Å². The Bertz CT molecular complexity index is 431. The van der Waals surface area contributed by atoms with Crippen molar-refractivity contribution in [1.29, 1.82) is 0 Å². The molecule has 0 aromatic heterocycles. The Morgan fingerprint density at radius 3 is 2.48 bits per heavy atom. The molecule has 0 saturated heterocycles. The van der Waals surface area contributed by atoms with Gasteiger partial charge in [0, 0.05) is 32.1 Å². The second-order valence-electron chi connectivity index (χ2n) is 8.02. The Balaban J connectivity index is 0.00000312. The number of hydrogen-bond donors (Lipinski definition) is 3. The van der Waals surface area contributed by atoms with E-state index in [0.29, 0.717) is 17.9 Å². The molecule has 0 aromatic carbocycles. The first-order valence-electron chi connectivity index (χ1n) is 9.84. The van der Waals surface area contributed by atoms with Crippen molar-refractivity contribution in [2.24, 2.45) is 16.3 Å². The van der Waals surface area contributed by atoms with E-state index < -0.39 is 0 Å². The summed E-state index contributed by atoms with van der Waals surface area (Å²) in [5.74, 6) is 1.82. The summed E-state index contributed by atoms with van der Waals surface area (Å²) in [6.45, 7) is 9.28. The first kappa shape index (κ1) is 22.5. The number of aliphatic imine (C=N–C) groups is 1. The number of amides is 1. The van der Waals surface area contributed by atoms with E-state index in [0.717, 1.165) is 50.8 Å². The molecule has 3 N–H and O–H groups in total. The smallest absolute Gasteiger partial charge is 0.220 e. The summed E-state index contributed by atoms with van der Waals surface area (Å²) in [7, 11) is 0. The number of halogens is 1. The highest BCUT2D eigenvalue weighted by atomic mass is 127. The molecular weight excluding hydrogens is 427 g/mol. The van der Waals surface area contributed by atoms with Crippen LogP contribution in [0.25, 0.3) is 0 Å². The Labute approximate surface area is 170 Å². The zero-order valence-corrected chi connectivity index (χ0v) is 18.5. The van der Waals surface area contributed by atoms with Gasteiger partial charge < -0.3 is 16.0 Å². The number of nitrogens with zero attached hydrogens (tertiary/aromatic N) is 1. The molecule has 0 spiro atoms. The van der Waals surface area contributed by atoms with Crippen molar-refractivity contribution in [2.75, 3.05) is 19.6 Å². The number of carbonyl (C=O) groups is 1. The van der Waals surface area contributed by atoms with Crippen LogP contribution in [-0.2, 0) is 4.79 Å². The van der Waals surface area contributed by atoms with Crippen LogP contribution in [0, 0.1) is 11.3 Å². The van der Waals surface area contributed by atoms with Gasteiger partial charge in [-0.3, -0.25) is 9.79 Å². The number of carbonyl (C=O) groups excluding carboxylic acids is 1. The first-order chi connectivity index (χ1) is 11.5. The second-order valence-corrected chi connectivity index (χ2v) is 8.02. The molecule has 146 valence electrons. The summed E-state index contributed by atoms with van der Waals surface area (Å²) in [6, 6.07) is 0.462. The number of guanidine groups is 1. The first-order valence-corrected chi connectivity index (χ1v) is 9.84. The average molecular weight is 464 g/mol. The summed E-state index contributed by atoms with van der Waals surface area (Å²) in [4.78, 5) is 16.5. The zero-order valence-electron chi connectivity index (χ0n) is 16.2. The van der Waals surface area contributed by atoms with Gasteiger partial charge in [0.1, 0.15) is 0 Å². The summed E-state index contributed by atoms with van der Waals surface area (Å²) in [6.07, 6.45) is 9.00. The molecule has 0 heterocycles. The van der Waals surface area contributed by atoms with Crippen molar-refractivity contribution in [3.63, 3.8) is 0 Å². The van der Waals surface area contributed by atoms with Crippen LogP contribution in [0.3, 0.4) is 0 Å². The molecule has 0 unspecified atom stereocenters. The Morgan fingerprint density at radius 1 is 1.24 bits per heavy atom. The maximum Gasteiger partial charge on any atom is 0.220 e. The van der Waals surface area contributed by atoms with Gasteiger partial charge in [-0.05, 0) is 56.8 Å². The molecule has 6 heteroatoms. The molecule has 0 atom stereocenters. The topological polar surface area (TPSA) is 65.5 Å². The number of hydrogen-bond acceptors (Lipinski definition) is 2. The van der Waals surface area contributed by atoms with E-state index in [-0.39, 0.29) is 29.9 Å². The summed E-state index contributed by atoms with van der Waals surface area (Å²) in [5.41, 5.74) is 0.431. The van der Waals surface area contributed by atoms with Crippen LogP contribution < -0.4 is 16.0 Å². The standard InChI is InChI=1S/C19H36N4O.HI/c1-4-20-18(21-12-5-7-17(24)23-16-8-9-16)22-14-19(10-6-11-19)13-15(2)3;/h15-16H,4-14H2,1-3H3,(H,23,24)(H2,20,21,22);1H. The summed E-state index contributed by atoms with van der Waals surface area (Å²) in [5, 5.41) is 9.74. The van der Waals surface area contributed by atoms with Gasteiger partial charge >= 0.3 is 0 Å². The van der Waals surface area contributed by atoms with Crippen molar-refractivity contribution in [1.82, 2.24) is 16.0 Å². The average Bonchev–Trinajstić information content (AvgIpc) is 3.29. The lowest BCUT2D eigenvalue weighted by atomic mass is 9.64. The van der Waals surface area contributed by atoms with Gasteiger partial charge in [0.2, 0.25) is 5.91 Å². The molecule has 0 radical (unpaired) electrons. The second kappa shape index (κ2) is 11.2. The lowest BCUT2D eigenvalue weighted by Crippen LogP contribution is -2.40. The Kier molecular flexibility index (Phi) is 10.1.